The van der Waals surface area contributed by atoms with Crippen LogP contribution in [0, 0.1) is 17.8 Å². The van der Waals surface area contributed by atoms with E-state index < -0.39 is 0 Å². The van der Waals surface area contributed by atoms with Gasteiger partial charge in [-0.05, 0) is 18.4 Å². The molecule has 0 unspecified atom stereocenters. The Balaban J connectivity index is 1.88. The van der Waals surface area contributed by atoms with E-state index >= 15 is 0 Å². The van der Waals surface area contributed by atoms with Crippen LogP contribution in [0.2, 0.25) is 0 Å². The van der Waals surface area contributed by atoms with Crippen LogP contribution in [0.3, 0.4) is 0 Å². The first-order valence-electron chi connectivity index (χ1n) is 7.63. The Morgan fingerprint density at radius 1 is 1.38 bits per heavy atom. The maximum absolute atomic E-state index is 12.2. The molecule has 1 aliphatic rings. The van der Waals surface area contributed by atoms with Gasteiger partial charge >= 0.3 is 0 Å². The lowest BCUT2D eigenvalue weighted by Crippen LogP contribution is -2.27. The summed E-state index contributed by atoms with van der Waals surface area (Å²) in [5.41, 5.74) is 1.08. The first-order valence-corrected chi connectivity index (χ1v) is 7.63. The minimum Gasteiger partial charge on any atom is -0.384 e. The maximum atomic E-state index is 12.2. The number of nitrogens with one attached hydrogen (secondary N) is 1. The molecule has 4 nitrogen and oxygen atoms in total. The predicted octanol–water partition coefficient (Wildman–Crippen LogP) is 2.13. The quantitative estimate of drug-likeness (QED) is 0.833. The van der Waals surface area contributed by atoms with E-state index in [1.807, 2.05) is 0 Å². The van der Waals surface area contributed by atoms with Gasteiger partial charge in [-0.1, -0.05) is 43.9 Å². The molecule has 1 fully saturated rings. The van der Waals surface area contributed by atoms with Crippen molar-refractivity contribution >= 4 is 5.91 Å². The third-order valence-electron chi connectivity index (χ3n) is 3.93. The average Bonchev–Trinajstić information content (AvgIpc) is 2.54. The van der Waals surface area contributed by atoms with Gasteiger partial charge in [0.2, 0.25) is 0 Å². The molecule has 4 heteroatoms. The van der Waals surface area contributed by atoms with Gasteiger partial charge < -0.3 is 10.4 Å². The van der Waals surface area contributed by atoms with Crippen LogP contribution in [-0.2, 0) is 0 Å². The van der Waals surface area contributed by atoms with E-state index in [-0.39, 0.29) is 12.5 Å². The van der Waals surface area contributed by atoms with Gasteiger partial charge in [-0.25, -0.2) is 0 Å². The SMILES string of the molecule is O=C(NCCC1CCCCC1)c1ccncc1C#CCO. The molecule has 0 aromatic carbocycles. The molecule has 2 N–H and O–H groups in total. The number of aliphatic hydroxyl groups is 1. The minimum absolute atomic E-state index is 0.115. The highest BCUT2D eigenvalue weighted by molar-refractivity contribution is 5.96. The smallest absolute Gasteiger partial charge is 0.252 e. The number of pyridine rings is 1. The van der Waals surface area contributed by atoms with Crippen molar-refractivity contribution in [2.75, 3.05) is 13.2 Å². The molecule has 1 aromatic heterocycles. The monoisotopic (exact) mass is 286 g/mol. The molecule has 0 radical (unpaired) electrons. The van der Waals surface area contributed by atoms with Crippen molar-refractivity contribution in [3.63, 3.8) is 0 Å². The molecule has 1 aliphatic carbocycles. The fraction of sp³-hybridized carbons (Fsp3) is 0.529. The number of amides is 1. The Morgan fingerprint density at radius 3 is 2.95 bits per heavy atom. The molecule has 0 bridgehead atoms. The molecule has 0 atom stereocenters. The van der Waals surface area contributed by atoms with Crippen LogP contribution in [0.5, 0.6) is 0 Å². The molecule has 0 aliphatic heterocycles. The lowest BCUT2D eigenvalue weighted by atomic mass is 9.87. The number of carbonyl (C=O) groups is 1. The molecule has 2 rings (SSSR count). The summed E-state index contributed by atoms with van der Waals surface area (Å²) < 4.78 is 0. The van der Waals surface area contributed by atoms with E-state index in [0.717, 1.165) is 12.3 Å². The molecule has 1 amide bonds. The van der Waals surface area contributed by atoms with Crippen LogP contribution in [0.1, 0.15) is 54.4 Å². The Morgan fingerprint density at radius 2 is 2.19 bits per heavy atom. The second-order valence-corrected chi connectivity index (χ2v) is 5.43. The number of aliphatic hydroxyl groups excluding tert-OH is 1. The van der Waals surface area contributed by atoms with E-state index in [9.17, 15) is 4.79 Å². The van der Waals surface area contributed by atoms with Gasteiger partial charge in [0.1, 0.15) is 6.61 Å². The summed E-state index contributed by atoms with van der Waals surface area (Å²) in [6.07, 6.45) is 10.8. The normalized spacial score (nSPS) is 15.1. The second kappa shape index (κ2) is 8.43. The van der Waals surface area contributed by atoms with Gasteiger partial charge in [0, 0.05) is 18.9 Å². The summed E-state index contributed by atoms with van der Waals surface area (Å²) in [6, 6.07) is 1.66. The fourth-order valence-electron chi connectivity index (χ4n) is 2.79. The third kappa shape index (κ3) is 4.87. The molecule has 112 valence electrons. The maximum Gasteiger partial charge on any atom is 0.252 e. The van der Waals surface area contributed by atoms with E-state index in [1.54, 1.807) is 18.5 Å². The van der Waals surface area contributed by atoms with E-state index in [4.69, 9.17) is 5.11 Å². The topological polar surface area (TPSA) is 62.2 Å². The first kappa shape index (κ1) is 15.5. The van der Waals surface area contributed by atoms with Crippen molar-refractivity contribution in [1.29, 1.82) is 0 Å². The number of aromatic nitrogens is 1. The van der Waals surface area contributed by atoms with Crippen molar-refractivity contribution in [3.05, 3.63) is 29.6 Å². The van der Waals surface area contributed by atoms with Gasteiger partial charge in [-0.15, -0.1) is 0 Å². The number of nitrogens with zero attached hydrogens (tertiary/aromatic N) is 1. The third-order valence-corrected chi connectivity index (χ3v) is 3.93. The largest absolute Gasteiger partial charge is 0.384 e. The number of hydrogen-bond acceptors (Lipinski definition) is 3. The van der Waals surface area contributed by atoms with Gasteiger partial charge in [0.15, 0.2) is 0 Å². The van der Waals surface area contributed by atoms with Crippen LogP contribution in [0.4, 0.5) is 0 Å². The average molecular weight is 286 g/mol. The number of carbonyl (C=O) groups excluding carboxylic acids is 1. The van der Waals surface area contributed by atoms with Gasteiger partial charge in [0.25, 0.3) is 5.91 Å². The Bertz CT molecular complexity index is 525. The zero-order chi connectivity index (χ0) is 14.9. The van der Waals surface area contributed by atoms with Crippen LogP contribution in [0.25, 0.3) is 0 Å². The highest BCUT2D eigenvalue weighted by Gasteiger charge is 2.14. The summed E-state index contributed by atoms with van der Waals surface area (Å²) in [6.45, 7) is 0.482. The van der Waals surface area contributed by atoms with Crippen molar-refractivity contribution in [2.24, 2.45) is 5.92 Å². The molecule has 21 heavy (non-hydrogen) atoms. The summed E-state index contributed by atoms with van der Waals surface area (Å²) in [7, 11) is 0. The first-order chi connectivity index (χ1) is 10.3. The molecule has 1 aromatic rings. The summed E-state index contributed by atoms with van der Waals surface area (Å²) in [4.78, 5) is 16.2. The van der Waals surface area contributed by atoms with Crippen LogP contribution in [-0.4, -0.2) is 29.1 Å². The lowest BCUT2D eigenvalue weighted by Gasteiger charge is -2.21. The summed E-state index contributed by atoms with van der Waals surface area (Å²) in [5, 5.41) is 11.7. The van der Waals surface area contributed by atoms with Crippen LogP contribution < -0.4 is 5.32 Å². The standard InChI is InChI=1S/C17H22N2O2/c20-12-4-7-15-13-18-10-9-16(15)17(21)19-11-8-14-5-2-1-3-6-14/h9-10,13-14,20H,1-3,5-6,8,11-12H2,(H,19,21). The highest BCUT2D eigenvalue weighted by atomic mass is 16.2. The Labute approximate surface area is 126 Å². The van der Waals surface area contributed by atoms with E-state index in [0.29, 0.717) is 17.7 Å². The van der Waals surface area contributed by atoms with Crippen molar-refractivity contribution in [1.82, 2.24) is 10.3 Å². The fourth-order valence-corrected chi connectivity index (χ4v) is 2.79. The Hall–Kier alpha value is -1.86. The number of rotatable bonds is 4. The van der Waals surface area contributed by atoms with E-state index in [1.165, 1.54) is 32.1 Å². The zero-order valence-electron chi connectivity index (χ0n) is 12.3. The van der Waals surface area contributed by atoms with Crippen molar-refractivity contribution < 1.29 is 9.90 Å². The molecule has 0 saturated heterocycles. The molecular weight excluding hydrogens is 264 g/mol. The molecular formula is C17H22N2O2. The van der Waals surface area contributed by atoms with Gasteiger partial charge in [0.05, 0.1) is 11.1 Å². The lowest BCUT2D eigenvalue weighted by molar-refractivity contribution is 0.0950. The molecule has 0 spiro atoms. The Kier molecular flexibility index (Phi) is 6.23. The van der Waals surface area contributed by atoms with Crippen LogP contribution in [0.15, 0.2) is 18.5 Å². The predicted molar refractivity (Wildman–Crippen MR) is 81.7 cm³/mol. The van der Waals surface area contributed by atoms with Gasteiger partial charge in [-0.3, -0.25) is 9.78 Å². The van der Waals surface area contributed by atoms with E-state index in [2.05, 4.69) is 22.1 Å². The van der Waals surface area contributed by atoms with Gasteiger partial charge in [-0.2, -0.15) is 0 Å². The second-order valence-electron chi connectivity index (χ2n) is 5.43. The minimum atomic E-state index is -0.225. The summed E-state index contributed by atoms with van der Waals surface area (Å²) >= 11 is 0. The number of hydrogen-bond donors (Lipinski definition) is 2. The molecule has 1 saturated carbocycles. The van der Waals surface area contributed by atoms with Crippen LogP contribution >= 0.6 is 0 Å². The highest BCUT2D eigenvalue weighted by Crippen LogP contribution is 2.25. The van der Waals surface area contributed by atoms with Crippen molar-refractivity contribution in [2.45, 2.75) is 38.5 Å². The zero-order valence-corrected chi connectivity index (χ0v) is 12.3. The summed E-state index contributed by atoms with van der Waals surface area (Å²) in [5.74, 6) is 5.95. The van der Waals surface area contributed by atoms with Crippen molar-refractivity contribution in [3.8, 4) is 11.8 Å². The molecule has 1 heterocycles.